The van der Waals surface area contributed by atoms with Gasteiger partial charge in [-0.2, -0.15) is 0 Å². The van der Waals surface area contributed by atoms with Crippen LogP contribution in [0.4, 0.5) is 39.8 Å². The highest BCUT2D eigenvalue weighted by Crippen LogP contribution is 2.45. The minimum atomic E-state index is -1.49. The van der Waals surface area contributed by atoms with Gasteiger partial charge in [-0.25, -0.2) is 4.85 Å². The minimum absolute atomic E-state index is 0.600. The van der Waals surface area contributed by atoms with Crippen molar-refractivity contribution in [2.24, 2.45) is 0 Å². The van der Waals surface area contributed by atoms with Gasteiger partial charge in [-0.3, -0.25) is 0 Å². The highest BCUT2D eigenvalue weighted by atomic mass is 28.3. The quantitative estimate of drug-likeness (QED) is 0.0822. The summed E-state index contributed by atoms with van der Waals surface area (Å²) in [6.45, 7) is 14.7. The van der Waals surface area contributed by atoms with Gasteiger partial charge in [0.2, 0.25) is 0 Å². The van der Waals surface area contributed by atoms with Gasteiger partial charge < -0.3 is 18.6 Å². The molecule has 0 radical (unpaired) electrons. The van der Waals surface area contributed by atoms with E-state index in [1.807, 2.05) is 54.6 Å². The average Bonchev–Trinajstić information content (AvgIpc) is 3.96. The third kappa shape index (κ3) is 7.27. The second kappa shape index (κ2) is 16.4. The number of furan rings is 2. The number of hydrogen-bond acceptors (Lipinski definition) is 4. The zero-order valence-corrected chi connectivity index (χ0v) is 38.9. The van der Waals surface area contributed by atoms with Crippen LogP contribution in [0.3, 0.4) is 0 Å². The first-order valence-electron chi connectivity index (χ1n) is 23.0. The Bertz CT molecular complexity index is 3980. The van der Waals surface area contributed by atoms with Gasteiger partial charge in [0, 0.05) is 44.3 Å². The molecule has 5 nitrogen and oxygen atoms in total. The lowest BCUT2D eigenvalue weighted by Gasteiger charge is -2.27. The summed E-state index contributed by atoms with van der Waals surface area (Å²) in [4.78, 5) is 8.20. The smallest absolute Gasteiger partial charge is 0.187 e. The summed E-state index contributed by atoms with van der Waals surface area (Å²) in [5.41, 5.74) is 12.3. The van der Waals surface area contributed by atoms with Gasteiger partial charge in [-0.15, -0.1) is 0 Å². The standard InChI is InChI=1S/C62H45N3O2Si/c1-63-47-27-31-48(32-28-47)64(57-15-9-13-55-53-11-5-7-17-59(53)66-61(55)57)50-29-25-43-37-41(21-23-45(43)39-50)19-20-42-22-24-46-40-51(30-26-44(46)38-42)65(49-33-35-52(36-34-49)68(2,3)4)58-16-10-14-56-54-12-6-8-18-60(54)67-62(56)58/h5-40H,2-4H3/b20-19+. The van der Waals surface area contributed by atoms with E-state index in [9.17, 15) is 0 Å². The second-order valence-corrected chi connectivity index (χ2v) is 23.6. The topological polar surface area (TPSA) is 37.1 Å². The van der Waals surface area contributed by atoms with Crippen LogP contribution in [0.2, 0.25) is 19.6 Å². The van der Waals surface area contributed by atoms with Crippen LogP contribution < -0.4 is 15.0 Å². The zero-order chi connectivity index (χ0) is 45.9. The van der Waals surface area contributed by atoms with Crippen molar-refractivity contribution in [3.63, 3.8) is 0 Å². The zero-order valence-electron chi connectivity index (χ0n) is 37.9. The van der Waals surface area contributed by atoms with Crippen LogP contribution in [0.1, 0.15) is 11.1 Å². The fraction of sp³-hybridized carbons (Fsp3) is 0.0484. The summed E-state index contributed by atoms with van der Waals surface area (Å²) in [5.74, 6) is 0. The number of benzene rings is 10. The predicted molar refractivity (Wildman–Crippen MR) is 290 cm³/mol. The van der Waals surface area contributed by atoms with Crippen molar-refractivity contribution < 1.29 is 8.83 Å². The lowest BCUT2D eigenvalue weighted by atomic mass is 10.0. The number of hydrogen-bond donors (Lipinski definition) is 0. The third-order valence-corrected chi connectivity index (χ3v) is 15.2. The molecular formula is C62H45N3O2Si. The van der Waals surface area contributed by atoms with Crippen molar-refractivity contribution in [3.8, 4) is 0 Å². The van der Waals surface area contributed by atoms with Gasteiger partial charge in [-0.05, 0) is 118 Å². The van der Waals surface area contributed by atoms with E-state index in [0.29, 0.717) is 5.69 Å². The Morgan fingerprint density at radius 1 is 0.412 bits per heavy atom. The molecule has 0 unspecified atom stereocenters. The molecule has 0 fully saturated rings. The molecule has 12 rings (SSSR count). The molecule has 324 valence electrons. The predicted octanol–water partition coefficient (Wildman–Crippen LogP) is 18.0. The summed E-state index contributed by atoms with van der Waals surface area (Å²) < 4.78 is 13.1. The summed E-state index contributed by atoms with van der Waals surface area (Å²) in [5, 5.41) is 10.4. The van der Waals surface area contributed by atoms with Crippen LogP contribution in [0.5, 0.6) is 0 Å². The minimum Gasteiger partial charge on any atom is -0.454 e. The van der Waals surface area contributed by atoms with Gasteiger partial charge in [0.05, 0.1) is 26.0 Å². The molecule has 12 aromatic rings. The largest absolute Gasteiger partial charge is 0.454 e. The normalized spacial score (nSPS) is 12.0. The van der Waals surface area contributed by atoms with E-state index in [1.54, 1.807) is 0 Å². The van der Waals surface area contributed by atoms with Gasteiger partial charge in [0.1, 0.15) is 11.2 Å². The molecular weight excluding hydrogens is 847 g/mol. The van der Waals surface area contributed by atoms with Crippen molar-refractivity contribution in [1.29, 1.82) is 0 Å². The number of nitrogens with zero attached hydrogens (tertiary/aromatic N) is 3. The molecule has 10 aromatic carbocycles. The Kier molecular flexibility index (Phi) is 9.82. The SMILES string of the molecule is [C-]#[N+]c1ccc(N(c2ccc3cc(/C=C/c4ccc5cc(N(c6ccc([Si](C)(C)C)cc6)c6cccc7c6oc6ccccc67)ccc5c4)ccc3c2)c2cccc3c2oc2ccccc23)cc1. The molecule has 0 saturated carbocycles. The maximum absolute atomic E-state index is 7.54. The summed E-state index contributed by atoms with van der Waals surface area (Å²) in [7, 11) is -1.49. The molecule has 6 heteroatoms. The number of rotatable bonds is 9. The first-order valence-corrected chi connectivity index (χ1v) is 26.5. The highest BCUT2D eigenvalue weighted by molar-refractivity contribution is 6.88. The molecule has 0 N–H and O–H groups in total. The van der Waals surface area contributed by atoms with Crippen LogP contribution in [0.15, 0.2) is 215 Å². The maximum atomic E-state index is 7.54. The van der Waals surface area contributed by atoms with E-state index >= 15 is 0 Å². The summed E-state index contributed by atoms with van der Waals surface area (Å²) >= 11 is 0. The maximum Gasteiger partial charge on any atom is 0.187 e. The molecule has 0 aliphatic rings. The van der Waals surface area contributed by atoms with E-state index < -0.39 is 8.07 Å². The number of fused-ring (bicyclic) bond motifs is 8. The van der Waals surface area contributed by atoms with Crippen molar-refractivity contribution >= 4 is 131 Å². The molecule has 0 atom stereocenters. The van der Waals surface area contributed by atoms with Crippen LogP contribution in [0, 0.1) is 6.57 Å². The third-order valence-electron chi connectivity index (χ3n) is 13.2. The molecule has 68 heavy (non-hydrogen) atoms. The van der Waals surface area contributed by atoms with Gasteiger partial charge in [0.15, 0.2) is 16.9 Å². The van der Waals surface area contributed by atoms with Crippen LogP contribution >= 0.6 is 0 Å². The van der Waals surface area contributed by atoms with Gasteiger partial charge in [-0.1, -0.05) is 158 Å². The van der Waals surface area contributed by atoms with Crippen molar-refractivity contribution in [2.75, 3.05) is 9.80 Å². The average molecular weight is 892 g/mol. The molecule has 0 amide bonds. The first kappa shape index (κ1) is 40.8. The number of anilines is 6. The summed E-state index contributed by atoms with van der Waals surface area (Å²) in [6.07, 6.45) is 4.39. The molecule has 0 aliphatic heterocycles. The summed E-state index contributed by atoms with van der Waals surface area (Å²) in [6, 6.07) is 72.7. The Hall–Kier alpha value is -8.63. The highest BCUT2D eigenvalue weighted by Gasteiger charge is 2.23. The van der Waals surface area contributed by atoms with Crippen LogP contribution in [-0.4, -0.2) is 8.07 Å². The molecule has 0 saturated heterocycles. The van der Waals surface area contributed by atoms with E-state index in [4.69, 9.17) is 15.4 Å². The Labute approximate surface area is 395 Å². The van der Waals surface area contributed by atoms with E-state index in [2.05, 4.69) is 198 Å². The molecule has 2 heterocycles. The lowest BCUT2D eigenvalue weighted by Crippen LogP contribution is -2.37. The van der Waals surface area contributed by atoms with E-state index in [-0.39, 0.29) is 0 Å². The monoisotopic (exact) mass is 891 g/mol. The van der Waals surface area contributed by atoms with Crippen LogP contribution in [-0.2, 0) is 0 Å². The van der Waals surface area contributed by atoms with Crippen molar-refractivity contribution in [3.05, 3.63) is 229 Å². The molecule has 0 bridgehead atoms. The first-order chi connectivity index (χ1) is 33.3. The Balaban J connectivity index is 0.860. The lowest BCUT2D eigenvalue weighted by molar-refractivity contribution is 0.668. The Morgan fingerprint density at radius 3 is 1.29 bits per heavy atom. The fourth-order valence-electron chi connectivity index (χ4n) is 9.64. The molecule has 0 spiro atoms. The Morgan fingerprint density at radius 2 is 0.824 bits per heavy atom. The van der Waals surface area contributed by atoms with E-state index in [1.165, 1.54) is 10.6 Å². The fourth-order valence-corrected chi connectivity index (χ4v) is 10.8. The second-order valence-electron chi connectivity index (χ2n) is 18.5. The van der Waals surface area contributed by atoms with Gasteiger partial charge >= 0.3 is 0 Å². The van der Waals surface area contributed by atoms with Gasteiger partial charge in [0.25, 0.3) is 0 Å². The molecule has 0 aliphatic carbocycles. The van der Waals surface area contributed by atoms with Crippen molar-refractivity contribution in [2.45, 2.75) is 19.6 Å². The van der Waals surface area contributed by atoms with Crippen LogP contribution in [0.25, 0.3) is 82.4 Å². The van der Waals surface area contributed by atoms with Crippen molar-refractivity contribution in [1.82, 2.24) is 0 Å². The number of para-hydroxylation sites is 4. The van der Waals surface area contributed by atoms with E-state index in [0.717, 1.165) is 105 Å². The molecule has 2 aromatic heterocycles.